The van der Waals surface area contributed by atoms with Gasteiger partial charge in [0.25, 0.3) is 0 Å². The highest BCUT2D eigenvalue weighted by Gasteiger charge is 2.14. The van der Waals surface area contributed by atoms with Gasteiger partial charge in [-0.05, 0) is 32.9 Å². The molecule has 0 fully saturated rings. The molecular formula is C14H19N5OS. The molecule has 2 rings (SSSR count). The van der Waals surface area contributed by atoms with E-state index in [1.807, 2.05) is 37.5 Å². The first-order valence-electron chi connectivity index (χ1n) is 6.87. The Morgan fingerprint density at radius 2 is 2.24 bits per heavy atom. The molecular weight excluding hydrogens is 286 g/mol. The number of hydrogen-bond donors (Lipinski definition) is 1. The maximum atomic E-state index is 11.7. The lowest BCUT2D eigenvalue weighted by Gasteiger charge is -2.09. The second kappa shape index (κ2) is 7.21. The van der Waals surface area contributed by atoms with Gasteiger partial charge >= 0.3 is 0 Å². The van der Waals surface area contributed by atoms with Gasteiger partial charge in [-0.25, -0.2) is 0 Å². The van der Waals surface area contributed by atoms with Crippen LogP contribution >= 0.6 is 11.8 Å². The zero-order valence-corrected chi connectivity index (χ0v) is 13.2. The van der Waals surface area contributed by atoms with Gasteiger partial charge in [0.15, 0.2) is 11.0 Å². The minimum absolute atomic E-state index is 0.00332. The molecule has 0 atom stereocenters. The Kier molecular flexibility index (Phi) is 5.32. The van der Waals surface area contributed by atoms with Crippen molar-refractivity contribution < 1.29 is 4.79 Å². The van der Waals surface area contributed by atoms with E-state index in [-0.39, 0.29) is 11.9 Å². The number of pyridine rings is 1. The van der Waals surface area contributed by atoms with Crippen molar-refractivity contribution in [3.05, 3.63) is 24.5 Å². The molecule has 112 valence electrons. The standard InChI is InChI=1S/C14H19N5OS/c1-4-19-13(11-6-5-7-15-8-11)17-18-14(19)21-9-12(20)16-10(2)3/h5-8,10H,4,9H2,1-3H3,(H,16,20). The van der Waals surface area contributed by atoms with Crippen molar-refractivity contribution in [2.24, 2.45) is 0 Å². The van der Waals surface area contributed by atoms with Crippen LogP contribution in [-0.2, 0) is 11.3 Å². The molecule has 0 radical (unpaired) electrons. The van der Waals surface area contributed by atoms with E-state index >= 15 is 0 Å². The minimum atomic E-state index is 0.00332. The summed E-state index contributed by atoms with van der Waals surface area (Å²) in [6.07, 6.45) is 3.48. The van der Waals surface area contributed by atoms with Crippen LogP contribution in [0.25, 0.3) is 11.4 Å². The van der Waals surface area contributed by atoms with Crippen LogP contribution in [0.15, 0.2) is 29.7 Å². The van der Waals surface area contributed by atoms with Gasteiger partial charge in [-0.15, -0.1) is 10.2 Å². The van der Waals surface area contributed by atoms with E-state index in [1.54, 1.807) is 12.4 Å². The summed E-state index contributed by atoms with van der Waals surface area (Å²) in [4.78, 5) is 15.8. The highest BCUT2D eigenvalue weighted by atomic mass is 32.2. The molecule has 7 heteroatoms. The Labute approximate surface area is 128 Å². The predicted octanol–water partition coefficient (Wildman–Crippen LogP) is 1.98. The third-order valence-electron chi connectivity index (χ3n) is 2.73. The Morgan fingerprint density at radius 3 is 2.86 bits per heavy atom. The van der Waals surface area contributed by atoms with Crippen molar-refractivity contribution in [3.63, 3.8) is 0 Å². The number of amides is 1. The number of nitrogens with one attached hydrogen (secondary N) is 1. The second-order valence-corrected chi connectivity index (χ2v) is 5.75. The van der Waals surface area contributed by atoms with Crippen molar-refractivity contribution in [2.75, 3.05) is 5.75 Å². The van der Waals surface area contributed by atoms with Gasteiger partial charge in [-0.1, -0.05) is 11.8 Å². The quantitative estimate of drug-likeness (QED) is 0.826. The summed E-state index contributed by atoms with van der Waals surface area (Å²) in [5.74, 6) is 1.12. The van der Waals surface area contributed by atoms with Crippen molar-refractivity contribution in [1.29, 1.82) is 0 Å². The molecule has 0 aliphatic rings. The molecule has 21 heavy (non-hydrogen) atoms. The SMILES string of the molecule is CCn1c(SCC(=O)NC(C)C)nnc1-c1cccnc1. The lowest BCUT2D eigenvalue weighted by atomic mass is 10.3. The molecule has 0 saturated carbocycles. The Hall–Kier alpha value is -1.89. The van der Waals surface area contributed by atoms with Crippen LogP contribution in [0.1, 0.15) is 20.8 Å². The summed E-state index contributed by atoms with van der Waals surface area (Å²) in [5, 5.41) is 12.0. The molecule has 0 aliphatic carbocycles. The van der Waals surface area contributed by atoms with E-state index in [2.05, 4.69) is 20.5 Å². The third-order valence-corrected chi connectivity index (χ3v) is 3.70. The molecule has 1 N–H and O–H groups in total. The first-order chi connectivity index (χ1) is 10.1. The summed E-state index contributed by atoms with van der Waals surface area (Å²) < 4.78 is 1.99. The fraction of sp³-hybridized carbons (Fsp3) is 0.429. The van der Waals surface area contributed by atoms with Gasteiger partial charge in [0.2, 0.25) is 5.91 Å². The number of carbonyl (C=O) groups is 1. The summed E-state index contributed by atoms with van der Waals surface area (Å²) >= 11 is 1.39. The van der Waals surface area contributed by atoms with E-state index < -0.39 is 0 Å². The van der Waals surface area contributed by atoms with Crippen LogP contribution in [-0.4, -0.2) is 37.5 Å². The highest BCUT2D eigenvalue weighted by molar-refractivity contribution is 7.99. The molecule has 0 unspecified atom stereocenters. The first kappa shape index (κ1) is 15.5. The minimum Gasteiger partial charge on any atom is -0.353 e. The molecule has 0 spiro atoms. The number of hydrogen-bond acceptors (Lipinski definition) is 5. The summed E-state index contributed by atoms with van der Waals surface area (Å²) in [6, 6.07) is 3.96. The smallest absolute Gasteiger partial charge is 0.230 e. The highest BCUT2D eigenvalue weighted by Crippen LogP contribution is 2.23. The van der Waals surface area contributed by atoms with Crippen molar-refractivity contribution >= 4 is 17.7 Å². The number of rotatable bonds is 6. The van der Waals surface area contributed by atoms with Crippen LogP contribution in [0.2, 0.25) is 0 Å². The molecule has 0 bridgehead atoms. The number of thioether (sulfide) groups is 1. The van der Waals surface area contributed by atoms with E-state index in [0.717, 1.165) is 23.1 Å². The Bertz CT molecular complexity index is 597. The van der Waals surface area contributed by atoms with Crippen LogP contribution in [0, 0.1) is 0 Å². The molecule has 0 aromatic carbocycles. The average molecular weight is 305 g/mol. The Balaban J connectivity index is 2.11. The fourth-order valence-corrected chi connectivity index (χ4v) is 2.70. The van der Waals surface area contributed by atoms with Crippen LogP contribution in [0.5, 0.6) is 0 Å². The molecule has 2 aromatic heterocycles. The monoisotopic (exact) mass is 305 g/mol. The maximum absolute atomic E-state index is 11.7. The van der Waals surface area contributed by atoms with Gasteiger partial charge in [0.1, 0.15) is 0 Å². The van der Waals surface area contributed by atoms with Crippen molar-refractivity contribution in [1.82, 2.24) is 25.1 Å². The van der Waals surface area contributed by atoms with Gasteiger partial charge in [-0.3, -0.25) is 9.78 Å². The molecule has 6 nitrogen and oxygen atoms in total. The molecule has 0 saturated heterocycles. The summed E-state index contributed by atoms with van der Waals surface area (Å²) in [6.45, 7) is 6.65. The van der Waals surface area contributed by atoms with E-state index in [9.17, 15) is 4.79 Å². The van der Waals surface area contributed by atoms with Gasteiger partial charge in [-0.2, -0.15) is 0 Å². The van der Waals surface area contributed by atoms with Gasteiger partial charge in [0, 0.05) is 30.5 Å². The van der Waals surface area contributed by atoms with Gasteiger partial charge in [0.05, 0.1) is 5.75 Å². The van der Waals surface area contributed by atoms with E-state index in [0.29, 0.717) is 5.75 Å². The van der Waals surface area contributed by atoms with Crippen LogP contribution in [0.3, 0.4) is 0 Å². The Morgan fingerprint density at radius 1 is 1.43 bits per heavy atom. The molecule has 0 aliphatic heterocycles. The number of carbonyl (C=O) groups excluding carboxylic acids is 1. The van der Waals surface area contributed by atoms with E-state index in [1.165, 1.54) is 11.8 Å². The lowest BCUT2D eigenvalue weighted by Crippen LogP contribution is -2.31. The van der Waals surface area contributed by atoms with Crippen LogP contribution < -0.4 is 5.32 Å². The van der Waals surface area contributed by atoms with Gasteiger partial charge < -0.3 is 9.88 Å². The normalized spacial score (nSPS) is 10.9. The molecule has 1 amide bonds. The zero-order valence-electron chi connectivity index (χ0n) is 12.4. The second-order valence-electron chi connectivity index (χ2n) is 4.80. The summed E-state index contributed by atoms with van der Waals surface area (Å²) in [7, 11) is 0. The maximum Gasteiger partial charge on any atom is 0.230 e. The average Bonchev–Trinajstić information content (AvgIpc) is 2.88. The molecule has 2 heterocycles. The predicted molar refractivity (Wildman–Crippen MR) is 82.9 cm³/mol. The lowest BCUT2D eigenvalue weighted by molar-refractivity contribution is -0.119. The topological polar surface area (TPSA) is 72.7 Å². The fourth-order valence-electron chi connectivity index (χ4n) is 1.88. The zero-order chi connectivity index (χ0) is 15.2. The van der Waals surface area contributed by atoms with E-state index in [4.69, 9.17) is 0 Å². The van der Waals surface area contributed by atoms with Crippen molar-refractivity contribution in [3.8, 4) is 11.4 Å². The third kappa shape index (κ3) is 4.04. The largest absolute Gasteiger partial charge is 0.353 e. The summed E-state index contributed by atoms with van der Waals surface area (Å²) in [5.41, 5.74) is 0.922. The first-order valence-corrected chi connectivity index (χ1v) is 7.86. The number of nitrogens with zero attached hydrogens (tertiary/aromatic N) is 4. The number of aromatic nitrogens is 4. The molecule has 2 aromatic rings. The van der Waals surface area contributed by atoms with Crippen molar-refractivity contribution in [2.45, 2.75) is 38.5 Å². The van der Waals surface area contributed by atoms with Crippen LogP contribution in [0.4, 0.5) is 0 Å².